The second-order valence-corrected chi connectivity index (χ2v) is 6.16. The van der Waals surface area contributed by atoms with Crippen LogP contribution in [0, 0.1) is 5.82 Å². The third-order valence-corrected chi connectivity index (χ3v) is 4.23. The van der Waals surface area contributed by atoms with Gasteiger partial charge in [-0.1, -0.05) is 12.1 Å². The third-order valence-electron chi connectivity index (χ3n) is 3.63. The SMILES string of the molecule is CN=C(NCc1ccc(F)cc1CSC)NCc1cccnc1OC. The van der Waals surface area contributed by atoms with Gasteiger partial charge in [0, 0.05) is 37.7 Å². The van der Waals surface area contributed by atoms with Crippen LogP contribution in [-0.2, 0) is 18.8 Å². The minimum absolute atomic E-state index is 0.209. The van der Waals surface area contributed by atoms with E-state index in [0.717, 1.165) is 22.4 Å². The van der Waals surface area contributed by atoms with Crippen molar-refractivity contribution in [3.63, 3.8) is 0 Å². The lowest BCUT2D eigenvalue weighted by atomic mass is 10.1. The molecule has 1 aromatic heterocycles. The van der Waals surface area contributed by atoms with Crippen LogP contribution in [0.15, 0.2) is 41.5 Å². The Hall–Kier alpha value is -2.28. The fourth-order valence-electron chi connectivity index (χ4n) is 2.38. The molecule has 0 unspecified atom stereocenters. The third kappa shape index (κ3) is 5.63. The Kier molecular flexibility index (Phi) is 7.53. The summed E-state index contributed by atoms with van der Waals surface area (Å²) in [6, 6.07) is 8.69. The van der Waals surface area contributed by atoms with Crippen molar-refractivity contribution in [2.75, 3.05) is 20.4 Å². The first kappa shape index (κ1) is 19.1. The maximum absolute atomic E-state index is 13.4. The zero-order valence-electron chi connectivity index (χ0n) is 14.7. The van der Waals surface area contributed by atoms with Crippen molar-refractivity contribution < 1.29 is 9.13 Å². The summed E-state index contributed by atoms with van der Waals surface area (Å²) in [5.41, 5.74) is 2.99. The van der Waals surface area contributed by atoms with E-state index in [1.807, 2.05) is 24.5 Å². The van der Waals surface area contributed by atoms with Gasteiger partial charge >= 0.3 is 0 Å². The number of hydrogen-bond donors (Lipinski definition) is 2. The number of halogens is 1. The highest BCUT2D eigenvalue weighted by molar-refractivity contribution is 7.97. The number of hydrogen-bond acceptors (Lipinski definition) is 4. The van der Waals surface area contributed by atoms with Gasteiger partial charge in [0.1, 0.15) is 5.82 Å². The Balaban J connectivity index is 1.97. The monoisotopic (exact) mass is 362 g/mol. The van der Waals surface area contributed by atoms with Crippen LogP contribution >= 0.6 is 11.8 Å². The van der Waals surface area contributed by atoms with Gasteiger partial charge in [0.05, 0.1) is 7.11 Å². The minimum Gasteiger partial charge on any atom is -0.481 e. The topological polar surface area (TPSA) is 58.5 Å². The van der Waals surface area contributed by atoms with Crippen molar-refractivity contribution in [2.24, 2.45) is 4.99 Å². The van der Waals surface area contributed by atoms with Crippen LogP contribution in [0.3, 0.4) is 0 Å². The molecule has 5 nitrogen and oxygen atoms in total. The molecule has 7 heteroatoms. The number of pyridine rings is 1. The van der Waals surface area contributed by atoms with Crippen LogP contribution in [0.2, 0.25) is 0 Å². The second kappa shape index (κ2) is 9.88. The Morgan fingerprint density at radius 3 is 2.64 bits per heavy atom. The molecule has 0 spiro atoms. The number of guanidine groups is 1. The molecule has 134 valence electrons. The molecule has 1 heterocycles. The van der Waals surface area contributed by atoms with Gasteiger partial charge in [-0.3, -0.25) is 4.99 Å². The molecule has 0 aliphatic heterocycles. The largest absolute Gasteiger partial charge is 0.481 e. The number of benzene rings is 1. The van der Waals surface area contributed by atoms with Crippen molar-refractivity contribution in [3.8, 4) is 5.88 Å². The molecule has 25 heavy (non-hydrogen) atoms. The van der Waals surface area contributed by atoms with Gasteiger partial charge in [-0.2, -0.15) is 11.8 Å². The molecule has 0 amide bonds. The van der Waals surface area contributed by atoms with E-state index in [9.17, 15) is 4.39 Å². The number of methoxy groups -OCH3 is 1. The average Bonchev–Trinajstić information content (AvgIpc) is 2.63. The molecule has 0 saturated carbocycles. The molecular formula is C18H23FN4OS. The zero-order valence-corrected chi connectivity index (χ0v) is 15.5. The van der Waals surface area contributed by atoms with E-state index in [4.69, 9.17) is 4.74 Å². The van der Waals surface area contributed by atoms with E-state index in [0.29, 0.717) is 24.9 Å². The van der Waals surface area contributed by atoms with E-state index >= 15 is 0 Å². The molecule has 0 atom stereocenters. The first-order valence-corrected chi connectivity index (χ1v) is 9.26. The quantitative estimate of drug-likeness (QED) is 0.586. The predicted molar refractivity (Wildman–Crippen MR) is 101 cm³/mol. The standard InChI is InChI=1S/C18H23FN4OS/c1-20-18(23-11-14-5-4-8-21-17(14)24-2)22-10-13-6-7-16(19)9-15(13)12-25-3/h4-9H,10-12H2,1-3H3,(H2,20,22,23). The molecule has 0 aliphatic carbocycles. The molecule has 0 fully saturated rings. The van der Waals surface area contributed by atoms with Gasteiger partial charge < -0.3 is 15.4 Å². The van der Waals surface area contributed by atoms with Crippen LogP contribution in [0.4, 0.5) is 4.39 Å². The summed E-state index contributed by atoms with van der Waals surface area (Å²) >= 11 is 1.67. The van der Waals surface area contributed by atoms with E-state index in [-0.39, 0.29) is 5.82 Å². The lowest BCUT2D eigenvalue weighted by Crippen LogP contribution is -2.36. The van der Waals surface area contributed by atoms with Crippen molar-refractivity contribution in [3.05, 3.63) is 59.0 Å². The summed E-state index contributed by atoms with van der Waals surface area (Å²) in [6.45, 7) is 1.11. The maximum atomic E-state index is 13.4. The van der Waals surface area contributed by atoms with Crippen molar-refractivity contribution >= 4 is 17.7 Å². The molecule has 0 saturated heterocycles. The first-order chi connectivity index (χ1) is 12.2. The lowest BCUT2D eigenvalue weighted by Gasteiger charge is -2.15. The van der Waals surface area contributed by atoms with Crippen LogP contribution in [0.1, 0.15) is 16.7 Å². The normalized spacial score (nSPS) is 11.3. The van der Waals surface area contributed by atoms with Gasteiger partial charge in [-0.25, -0.2) is 9.37 Å². The van der Waals surface area contributed by atoms with Crippen molar-refractivity contribution in [2.45, 2.75) is 18.8 Å². The lowest BCUT2D eigenvalue weighted by molar-refractivity contribution is 0.392. The molecule has 2 aromatic rings. The van der Waals surface area contributed by atoms with E-state index in [1.54, 1.807) is 38.2 Å². The number of rotatable bonds is 7. The maximum Gasteiger partial charge on any atom is 0.218 e. The van der Waals surface area contributed by atoms with E-state index in [2.05, 4.69) is 20.6 Å². The van der Waals surface area contributed by atoms with Crippen LogP contribution < -0.4 is 15.4 Å². The molecular weight excluding hydrogens is 339 g/mol. The van der Waals surface area contributed by atoms with Gasteiger partial charge in [0.15, 0.2) is 5.96 Å². The van der Waals surface area contributed by atoms with E-state index < -0.39 is 0 Å². The molecule has 0 aliphatic rings. The fraction of sp³-hybridized carbons (Fsp3) is 0.333. The highest BCUT2D eigenvalue weighted by atomic mass is 32.2. The summed E-state index contributed by atoms with van der Waals surface area (Å²) in [5, 5.41) is 6.49. The number of nitrogens with zero attached hydrogens (tertiary/aromatic N) is 2. The van der Waals surface area contributed by atoms with Crippen molar-refractivity contribution in [1.82, 2.24) is 15.6 Å². The van der Waals surface area contributed by atoms with Gasteiger partial charge in [-0.15, -0.1) is 0 Å². The highest BCUT2D eigenvalue weighted by Gasteiger charge is 2.07. The fourth-order valence-corrected chi connectivity index (χ4v) is 2.96. The number of thioether (sulfide) groups is 1. The van der Waals surface area contributed by atoms with Crippen LogP contribution in [0.25, 0.3) is 0 Å². The number of aromatic nitrogens is 1. The zero-order chi connectivity index (χ0) is 18.1. The highest BCUT2D eigenvalue weighted by Crippen LogP contribution is 2.17. The van der Waals surface area contributed by atoms with Gasteiger partial charge in [0.2, 0.25) is 5.88 Å². The number of ether oxygens (including phenoxy) is 1. The second-order valence-electron chi connectivity index (χ2n) is 5.30. The smallest absolute Gasteiger partial charge is 0.218 e. The van der Waals surface area contributed by atoms with Gasteiger partial charge in [-0.05, 0) is 35.6 Å². The predicted octanol–water partition coefficient (Wildman–Crippen LogP) is 2.96. The Bertz CT molecular complexity index is 724. The molecule has 2 rings (SSSR count). The Labute approximate surface area is 152 Å². The average molecular weight is 362 g/mol. The van der Waals surface area contributed by atoms with Crippen LogP contribution in [0.5, 0.6) is 5.88 Å². The summed E-state index contributed by atoms with van der Waals surface area (Å²) in [5.74, 6) is 1.81. The summed E-state index contributed by atoms with van der Waals surface area (Å²) in [6.07, 6.45) is 3.70. The summed E-state index contributed by atoms with van der Waals surface area (Å²) < 4.78 is 18.7. The molecule has 0 bridgehead atoms. The number of nitrogens with one attached hydrogen (secondary N) is 2. The van der Waals surface area contributed by atoms with Crippen LogP contribution in [-0.4, -0.2) is 31.4 Å². The Morgan fingerprint density at radius 1 is 1.20 bits per heavy atom. The van der Waals surface area contributed by atoms with Gasteiger partial charge in [0.25, 0.3) is 0 Å². The molecule has 2 N–H and O–H groups in total. The summed E-state index contributed by atoms with van der Waals surface area (Å²) in [7, 11) is 3.31. The molecule has 1 aromatic carbocycles. The Morgan fingerprint density at radius 2 is 1.96 bits per heavy atom. The van der Waals surface area contributed by atoms with Crippen molar-refractivity contribution in [1.29, 1.82) is 0 Å². The molecule has 0 radical (unpaired) electrons. The first-order valence-electron chi connectivity index (χ1n) is 7.86. The minimum atomic E-state index is -0.209. The summed E-state index contributed by atoms with van der Waals surface area (Å²) in [4.78, 5) is 8.40. The van der Waals surface area contributed by atoms with E-state index in [1.165, 1.54) is 6.07 Å². The number of aliphatic imine (C=N–C) groups is 1.